The lowest BCUT2D eigenvalue weighted by Crippen LogP contribution is -2.25. The molecule has 0 spiro atoms. The molecule has 0 fully saturated rings. The molecule has 3 nitrogen and oxygen atoms in total. The Hall–Kier alpha value is -1.43. The van der Waals surface area contributed by atoms with Gasteiger partial charge in [-0.25, -0.2) is 0 Å². The fourth-order valence-electron chi connectivity index (χ4n) is 1.12. The van der Waals surface area contributed by atoms with Crippen molar-refractivity contribution in [1.82, 2.24) is 5.32 Å². The number of benzene rings is 1. The SMILES string of the molecule is O=C(CCl)NCc1ccccc1OC(F)(F)F. The van der Waals surface area contributed by atoms with Crippen molar-refractivity contribution in [2.75, 3.05) is 5.88 Å². The second kappa shape index (κ2) is 5.77. The highest BCUT2D eigenvalue weighted by molar-refractivity contribution is 6.27. The number of amides is 1. The maximum absolute atomic E-state index is 12.1. The molecular formula is C10H9ClF3NO2. The Labute approximate surface area is 101 Å². The van der Waals surface area contributed by atoms with Gasteiger partial charge in [0, 0.05) is 12.1 Å². The second-order valence-electron chi connectivity index (χ2n) is 3.07. The van der Waals surface area contributed by atoms with Crippen molar-refractivity contribution in [3.8, 4) is 5.75 Å². The number of rotatable bonds is 4. The number of carbonyl (C=O) groups excluding carboxylic acids is 1. The molecule has 7 heteroatoms. The van der Waals surface area contributed by atoms with Crippen LogP contribution in [0.1, 0.15) is 5.56 Å². The van der Waals surface area contributed by atoms with E-state index in [1.54, 1.807) is 6.07 Å². The predicted molar refractivity (Wildman–Crippen MR) is 55.7 cm³/mol. The van der Waals surface area contributed by atoms with Gasteiger partial charge in [0.2, 0.25) is 5.91 Å². The minimum atomic E-state index is -4.76. The lowest BCUT2D eigenvalue weighted by molar-refractivity contribution is -0.274. The molecule has 0 saturated carbocycles. The van der Waals surface area contributed by atoms with Crippen LogP contribution < -0.4 is 10.1 Å². The predicted octanol–water partition coefficient (Wildman–Crippen LogP) is 2.44. The molecule has 1 amide bonds. The first kappa shape index (κ1) is 13.6. The molecule has 1 rings (SSSR count). The van der Waals surface area contributed by atoms with E-state index >= 15 is 0 Å². The summed E-state index contributed by atoms with van der Waals surface area (Å²) in [4.78, 5) is 10.9. The first-order valence-corrected chi connectivity index (χ1v) is 5.12. The van der Waals surface area contributed by atoms with Gasteiger partial charge in [-0.3, -0.25) is 4.79 Å². The molecule has 1 aromatic carbocycles. The highest BCUT2D eigenvalue weighted by Gasteiger charge is 2.31. The number of halogens is 4. The molecule has 0 aliphatic carbocycles. The molecule has 0 bridgehead atoms. The zero-order valence-electron chi connectivity index (χ0n) is 8.55. The molecule has 0 atom stereocenters. The summed E-state index contributed by atoms with van der Waals surface area (Å²) in [6.07, 6.45) is -4.76. The number of hydrogen-bond donors (Lipinski definition) is 1. The first-order valence-electron chi connectivity index (χ1n) is 4.58. The van der Waals surface area contributed by atoms with Gasteiger partial charge in [-0.2, -0.15) is 0 Å². The lowest BCUT2D eigenvalue weighted by atomic mass is 10.2. The standard InChI is InChI=1S/C10H9ClF3NO2/c11-5-9(16)15-6-7-3-1-2-4-8(7)17-10(12,13)14/h1-4H,5-6H2,(H,15,16). The van der Waals surface area contributed by atoms with E-state index in [2.05, 4.69) is 10.1 Å². The van der Waals surface area contributed by atoms with Crippen molar-refractivity contribution in [2.24, 2.45) is 0 Å². The second-order valence-corrected chi connectivity index (χ2v) is 3.33. The van der Waals surface area contributed by atoms with Crippen molar-refractivity contribution in [1.29, 1.82) is 0 Å². The molecule has 0 unspecified atom stereocenters. The molecule has 0 radical (unpaired) electrons. The summed E-state index contributed by atoms with van der Waals surface area (Å²) in [5.74, 6) is -1.05. The average molecular weight is 268 g/mol. The van der Waals surface area contributed by atoms with Gasteiger partial charge in [-0.1, -0.05) is 18.2 Å². The smallest absolute Gasteiger partial charge is 0.405 e. The molecule has 0 saturated heterocycles. The van der Waals surface area contributed by atoms with Crippen LogP contribution in [0.15, 0.2) is 24.3 Å². The summed E-state index contributed by atoms with van der Waals surface area (Å²) >= 11 is 5.24. The molecule has 17 heavy (non-hydrogen) atoms. The largest absolute Gasteiger partial charge is 0.573 e. The van der Waals surface area contributed by atoms with Gasteiger partial charge >= 0.3 is 6.36 Å². The van der Waals surface area contributed by atoms with Crippen molar-refractivity contribution in [3.63, 3.8) is 0 Å². The number of hydrogen-bond acceptors (Lipinski definition) is 2. The van der Waals surface area contributed by atoms with E-state index in [9.17, 15) is 18.0 Å². The fourth-order valence-corrected chi connectivity index (χ4v) is 1.21. The quantitative estimate of drug-likeness (QED) is 0.851. The molecule has 0 aliphatic heterocycles. The normalized spacial score (nSPS) is 11.1. The van der Waals surface area contributed by atoms with Crippen LogP contribution in [0.5, 0.6) is 5.75 Å². The van der Waals surface area contributed by atoms with E-state index in [1.165, 1.54) is 18.2 Å². The maximum atomic E-state index is 12.1. The van der Waals surface area contributed by atoms with Crippen molar-refractivity contribution in [3.05, 3.63) is 29.8 Å². The molecule has 94 valence electrons. The third-order valence-electron chi connectivity index (χ3n) is 1.80. The van der Waals surface area contributed by atoms with E-state index < -0.39 is 12.3 Å². The zero-order valence-corrected chi connectivity index (χ0v) is 9.31. The van der Waals surface area contributed by atoms with Crippen molar-refractivity contribution >= 4 is 17.5 Å². The minimum absolute atomic E-state index is 0.0716. The van der Waals surface area contributed by atoms with Gasteiger partial charge < -0.3 is 10.1 Å². The first-order chi connectivity index (χ1) is 7.92. The number of para-hydroxylation sites is 1. The van der Waals surface area contributed by atoms with Crippen LogP contribution in [-0.2, 0) is 11.3 Å². The molecule has 0 aliphatic rings. The van der Waals surface area contributed by atoms with Crippen LogP contribution in [0.3, 0.4) is 0 Å². The maximum Gasteiger partial charge on any atom is 0.573 e. The van der Waals surface area contributed by atoms with E-state index in [0.717, 1.165) is 0 Å². The lowest BCUT2D eigenvalue weighted by Gasteiger charge is -2.13. The van der Waals surface area contributed by atoms with Crippen LogP contribution in [-0.4, -0.2) is 18.1 Å². The van der Waals surface area contributed by atoms with E-state index in [0.29, 0.717) is 0 Å². The topological polar surface area (TPSA) is 38.3 Å². The summed E-state index contributed by atoms with van der Waals surface area (Å²) in [6, 6.07) is 5.56. The van der Waals surface area contributed by atoms with Gasteiger partial charge in [-0.15, -0.1) is 24.8 Å². The molecule has 1 aromatic rings. The van der Waals surface area contributed by atoms with E-state index in [1.807, 2.05) is 0 Å². The number of alkyl halides is 4. The molecule has 0 aromatic heterocycles. The Morgan fingerprint density at radius 1 is 1.35 bits per heavy atom. The molecular weight excluding hydrogens is 259 g/mol. The highest BCUT2D eigenvalue weighted by Crippen LogP contribution is 2.25. The van der Waals surface area contributed by atoms with Crippen molar-refractivity contribution in [2.45, 2.75) is 12.9 Å². The van der Waals surface area contributed by atoms with Gasteiger partial charge in [-0.05, 0) is 6.07 Å². The highest BCUT2D eigenvalue weighted by atomic mass is 35.5. The monoisotopic (exact) mass is 267 g/mol. The Bertz CT molecular complexity index is 395. The van der Waals surface area contributed by atoms with Gasteiger partial charge in [0.15, 0.2) is 0 Å². The van der Waals surface area contributed by atoms with Crippen LogP contribution >= 0.6 is 11.6 Å². The van der Waals surface area contributed by atoms with Gasteiger partial charge in [0.05, 0.1) is 0 Å². The van der Waals surface area contributed by atoms with E-state index in [-0.39, 0.29) is 23.7 Å². The number of ether oxygens (including phenoxy) is 1. The zero-order chi connectivity index (χ0) is 12.9. The van der Waals surface area contributed by atoms with E-state index in [4.69, 9.17) is 11.6 Å². The van der Waals surface area contributed by atoms with Crippen LogP contribution in [0.4, 0.5) is 13.2 Å². The summed E-state index contributed by atoms with van der Waals surface area (Å²) < 4.78 is 40.0. The van der Waals surface area contributed by atoms with Gasteiger partial charge in [0.1, 0.15) is 11.6 Å². The summed E-state index contributed by atoms with van der Waals surface area (Å²) in [6.45, 7) is -0.0716. The number of carbonyl (C=O) groups is 1. The molecule has 1 N–H and O–H groups in total. The average Bonchev–Trinajstić information content (AvgIpc) is 2.25. The van der Waals surface area contributed by atoms with Crippen LogP contribution in [0.2, 0.25) is 0 Å². The van der Waals surface area contributed by atoms with Crippen LogP contribution in [0, 0.1) is 0 Å². The van der Waals surface area contributed by atoms with Gasteiger partial charge in [0.25, 0.3) is 0 Å². The van der Waals surface area contributed by atoms with Crippen molar-refractivity contribution < 1.29 is 22.7 Å². The minimum Gasteiger partial charge on any atom is -0.405 e. The van der Waals surface area contributed by atoms with Crippen LogP contribution in [0.25, 0.3) is 0 Å². The fraction of sp³-hybridized carbons (Fsp3) is 0.300. The third kappa shape index (κ3) is 4.95. The third-order valence-corrected chi connectivity index (χ3v) is 2.04. The Balaban J connectivity index is 2.74. The summed E-state index contributed by atoms with van der Waals surface area (Å²) in [5.41, 5.74) is 0.225. The molecule has 0 heterocycles. The Morgan fingerprint density at radius 2 is 2.00 bits per heavy atom. The summed E-state index contributed by atoms with van der Waals surface area (Å²) in [7, 11) is 0. The Morgan fingerprint density at radius 3 is 2.59 bits per heavy atom. The Kier molecular flexibility index (Phi) is 4.62. The number of nitrogens with one attached hydrogen (secondary N) is 1. The summed E-state index contributed by atoms with van der Waals surface area (Å²) in [5, 5.41) is 2.36.